The zero-order chi connectivity index (χ0) is 18.4. The Bertz CT molecular complexity index is 770. The number of hydrogen-bond acceptors (Lipinski definition) is 4. The van der Waals surface area contributed by atoms with E-state index in [1.54, 1.807) is 18.2 Å². The van der Waals surface area contributed by atoms with Crippen LogP contribution in [0.25, 0.3) is 6.08 Å². The first kappa shape index (κ1) is 18.5. The van der Waals surface area contributed by atoms with E-state index >= 15 is 0 Å². The van der Waals surface area contributed by atoms with Gasteiger partial charge in [0.15, 0.2) is 0 Å². The van der Waals surface area contributed by atoms with E-state index in [9.17, 15) is 10.0 Å². The van der Waals surface area contributed by atoms with E-state index in [4.69, 9.17) is 4.74 Å². The smallest absolute Gasteiger partial charge is 0.438 e. The highest BCUT2D eigenvalue weighted by Crippen LogP contribution is 2.28. The lowest BCUT2D eigenvalue weighted by atomic mass is 10.1. The Labute approximate surface area is 148 Å². The third-order valence-corrected chi connectivity index (χ3v) is 3.96. The number of aryl methyl sites for hydroxylation is 2. The van der Waals surface area contributed by atoms with E-state index in [1.807, 2.05) is 25.1 Å². The first-order chi connectivity index (χ1) is 12.0. The Kier molecular flexibility index (Phi) is 6.19. The number of carbonyl (C=O) groups is 1. The normalized spacial score (nSPS) is 10.2. The van der Waals surface area contributed by atoms with E-state index < -0.39 is 6.09 Å². The molecule has 0 unspecified atom stereocenters. The molecule has 2 aromatic carbocycles. The number of carbonyl (C=O) groups excluding carboxylic acids is 1. The molecule has 0 aliphatic rings. The molecule has 0 fully saturated rings. The van der Waals surface area contributed by atoms with E-state index in [0.29, 0.717) is 21.9 Å². The van der Waals surface area contributed by atoms with Crippen molar-refractivity contribution in [1.29, 1.82) is 0 Å². The SMILES string of the molecule is C=Cc1cccc(COc2ccc(CC)cc2C)c1N(O)C(=O)OC. The van der Waals surface area contributed by atoms with Crippen molar-refractivity contribution in [2.45, 2.75) is 26.9 Å². The van der Waals surface area contributed by atoms with Gasteiger partial charge in [-0.1, -0.05) is 49.9 Å². The number of amides is 1. The number of hydrogen-bond donors (Lipinski definition) is 1. The second-order valence-electron chi connectivity index (χ2n) is 5.58. The highest BCUT2D eigenvalue weighted by molar-refractivity contribution is 5.89. The topological polar surface area (TPSA) is 59.0 Å². The molecule has 0 spiro atoms. The third kappa shape index (κ3) is 4.19. The Balaban J connectivity index is 2.30. The molecule has 0 saturated heterocycles. The minimum absolute atomic E-state index is 0.192. The van der Waals surface area contributed by atoms with E-state index in [0.717, 1.165) is 17.7 Å². The Morgan fingerprint density at radius 2 is 2.08 bits per heavy atom. The average molecular weight is 341 g/mol. The monoisotopic (exact) mass is 341 g/mol. The molecule has 0 aliphatic carbocycles. The van der Waals surface area contributed by atoms with Crippen LogP contribution in [-0.4, -0.2) is 18.4 Å². The van der Waals surface area contributed by atoms with Gasteiger partial charge in [-0.3, -0.25) is 5.21 Å². The van der Waals surface area contributed by atoms with Gasteiger partial charge >= 0.3 is 6.09 Å². The lowest BCUT2D eigenvalue weighted by molar-refractivity contribution is 0.140. The summed E-state index contributed by atoms with van der Waals surface area (Å²) in [6.45, 7) is 8.00. The molecule has 0 atom stereocenters. The molecule has 132 valence electrons. The first-order valence-electron chi connectivity index (χ1n) is 8.05. The maximum atomic E-state index is 11.7. The summed E-state index contributed by atoms with van der Waals surface area (Å²) < 4.78 is 10.5. The number of methoxy groups -OCH3 is 1. The molecule has 1 N–H and O–H groups in total. The molecule has 5 heteroatoms. The quantitative estimate of drug-likeness (QED) is 0.609. The van der Waals surface area contributed by atoms with Crippen LogP contribution in [0, 0.1) is 6.92 Å². The molecule has 5 nitrogen and oxygen atoms in total. The summed E-state index contributed by atoms with van der Waals surface area (Å²) in [5.74, 6) is 0.759. The van der Waals surface area contributed by atoms with Gasteiger partial charge in [-0.15, -0.1) is 0 Å². The van der Waals surface area contributed by atoms with Crippen LogP contribution in [0.1, 0.15) is 29.2 Å². The Hall–Kier alpha value is -2.79. The van der Waals surface area contributed by atoms with Crippen LogP contribution >= 0.6 is 0 Å². The summed E-state index contributed by atoms with van der Waals surface area (Å²) in [6.07, 6.45) is 1.65. The lowest BCUT2D eigenvalue weighted by Crippen LogP contribution is -2.28. The summed E-state index contributed by atoms with van der Waals surface area (Å²) in [4.78, 5) is 11.7. The molecular weight excluding hydrogens is 318 g/mol. The number of ether oxygens (including phenoxy) is 2. The average Bonchev–Trinajstić information content (AvgIpc) is 2.65. The van der Waals surface area contributed by atoms with Crippen LogP contribution in [0.4, 0.5) is 10.5 Å². The Morgan fingerprint density at radius 1 is 1.32 bits per heavy atom. The van der Waals surface area contributed by atoms with Crippen molar-refractivity contribution in [3.8, 4) is 5.75 Å². The maximum absolute atomic E-state index is 11.7. The molecular formula is C20H23NO4. The van der Waals surface area contributed by atoms with Gasteiger partial charge in [0, 0.05) is 11.1 Å². The number of anilines is 1. The van der Waals surface area contributed by atoms with Gasteiger partial charge in [-0.05, 0) is 30.5 Å². The highest BCUT2D eigenvalue weighted by Gasteiger charge is 2.20. The second-order valence-corrected chi connectivity index (χ2v) is 5.58. The summed E-state index contributed by atoms with van der Waals surface area (Å²) in [5.41, 5.74) is 3.82. The molecule has 0 aliphatic heterocycles. The molecule has 0 bridgehead atoms. The first-order valence-corrected chi connectivity index (χ1v) is 8.05. The van der Waals surface area contributed by atoms with Gasteiger partial charge in [-0.25, -0.2) is 4.79 Å². The van der Waals surface area contributed by atoms with Gasteiger partial charge < -0.3 is 9.47 Å². The van der Waals surface area contributed by atoms with Crippen LogP contribution in [0.5, 0.6) is 5.75 Å². The predicted octanol–water partition coefficient (Wildman–Crippen LogP) is 4.74. The highest BCUT2D eigenvalue weighted by atomic mass is 16.6. The zero-order valence-corrected chi connectivity index (χ0v) is 14.8. The number of benzene rings is 2. The fraction of sp³-hybridized carbons (Fsp3) is 0.250. The van der Waals surface area contributed by atoms with Crippen molar-refractivity contribution in [1.82, 2.24) is 0 Å². The predicted molar refractivity (Wildman–Crippen MR) is 98.1 cm³/mol. The van der Waals surface area contributed by atoms with Gasteiger partial charge in [0.05, 0.1) is 12.8 Å². The van der Waals surface area contributed by atoms with Gasteiger partial charge in [0.2, 0.25) is 0 Å². The number of rotatable bonds is 6. The van der Waals surface area contributed by atoms with Crippen molar-refractivity contribution in [2.75, 3.05) is 12.2 Å². The largest absolute Gasteiger partial charge is 0.489 e. The van der Waals surface area contributed by atoms with E-state index in [2.05, 4.69) is 24.3 Å². The molecule has 1 amide bonds. The maximum Gasteiger partial charge on any atom is 0.438 e. The van der Waals surface area contributed by atoms with Crippen molar-refractivity contribution < 1.29 is 19.5 Å². The number of para-hydroxylation sites is 1. The van der Waals surface area contributed by atoms with Crippen molar-refractivity contribution in [3.05, 3.63) is 65.2 Å². The Morgan fingerprint density at radius 3 is 2.68 bits per heavy atom. The molecule has 0 aromatic heterocycles. The second kappa shape index (κ2) is 8.35. The molecule has 25 heavy (non-hydrogen) atoms. The summed E-state index contributed by atoms with van der Waals surface area (Å²) in [6, 6.07) is 11.4. The fourth-order valence-electron chi connectivity index (χ4n) is 2.58. The molecule has 0 saturated carbocycles. The van der Waals surface area contributed by atoms with E-state index in [-0.39, 0.29) is 6.61 Å². The number of hydroxylamine groups is 1. The summed E-state index contributed by atoms with van der Waals surface area (Å²) in [7, 11) is 1.21. The lowest BCUT2D eigenvalue weighted by Gasteiger charge is -2.20. The van der Waals surface area contributed by atoms with Crippen molar-refractivity contribution in [3.63, 3.8) is 0 Å². The van der Waals surface area contributed by atoms with Crippen LogP contribution in [0.15, 0.2) is 43.0 Å². The van der Waals surface area contributed by atoms with Gasteiger partial charge in [-0.2, -0.15) is 5.06 Å². The fourth-order valence-corrected chi connectivity index (χ4v) is 2.58. The summed E-state index contributed by atoms with van der Waals surface area (Å²) >= 11 is 0. The van der Waals surface area contributed by atoms with Gasteiger partial charge in [0.25, 0.3) is 0 Å². The van der Waals surface area contributed by atoms with E-state index in [1.165, 1.54) is 12.7 Å². The summed E-state index contributed by atoms with van der Waals surface area (Å²) in [5, 5.41) is 10.6. The minimum atomic E-state index is -0.876. The standard InChI is InChI=1S/C20H23NO4/c1-5-15-10-11-18(14(3)12-15)25-13-17-9-7-8-16(6-2)19(17)21(23)20(22)24-4/h6-12,23H,2,5,13H2,1,3-4H3. The zero-order valence-electron chi connectivity index (χ0n) is 14.8. The van der Waals surface area contributed by atoms with Crippen molar-refractivity contribution in [2.24, 2.45) is 0 Å². The molecule has 2 aromatic rings. The number of nitrogens with zero attached hydrogens (tertiary/aromatic N) is 1. The third-order valence-electron chi connectivity index (χ3n) is 3.96. The molecule has 2 rings (SSSR count). The van der Waals surface area contributed by atoms with Crippen LogP contribution < -0.4 is 9.80 Å². The van der Waals surface area contributed by atoms with Crippen LogP contribution in [-0.2, 0) is 17.8 Å². The van der Waals surface area contributed by atoms with Crippen LogP contribution in [0.2, 0.25) is 0 Å². The van der Waals surface area contributed by atoms with Crippen molar-refractivity contribution >= 4 is 17.9 Å². The minimum Gasteiger partial charge on any atom is -0.489 e. The van der Waals surface area contributed by atoms with Gasteiger partial charge in [0.1, 0.15) is 12.4 Å². The van der Waals surface area contributed by atoms with Crippen LogP contribution in [0.3, 0.4) is 0 Å². The molecule has 0 radical (unpaired) electrons. The molecule has 0 heterocycles.